The van der Waals surface area contributed by atoms with E-state index in [2.05, 4.69) is 15.2 Å². The van der Waals surface area contributed by atoms with Crippen LogP contribution in [0.15, 0.2) is 57.5 Å². The highest BCUT2D eigenvalue weighted by atomic mass is 32.2. The van der Waals surface area contributed by atoms with Crippen molar-refractivity contribution < 1.29 is 9.21 Å². The van der Waals surface area contributed by atoms with Crippen LogP contribution in [0.3, 0.4) is 0 Å². The fraction of sp³-hybridized carbons (Fsp3) is 0.238. The van der Waals surface area contributed by atoms with Gasteiger partial charge < -0.3 is 9.32 Å². The first-order valence-electron chi connectivity index (χ1n) is 9.21. The number of carbonyl (C=O) groups excluding carboxylic acids is 1. The topological polar surface area (TPSA) is 72.1 Å². The average molecular weight is 425 g/mol. The molecule has 3 heterocycles. The Morgan fingerprint density at radius 1 is 1.21 bits per heavy atom. The zero-order valence-electron chi connectivity index (χ0n) is 16.3. The first-order valence-corrected chi connectivity index (χ1v) is 11.0. The van der Waals surface area contributed by atoms with Gasteiger partial charge in [-0.15, -0.1) is 10.2 Å². The molecule has 0 aliphatic heterocycles. The summed E-state index contributed by atoms with van der Waals surface area (Å²) in [4.78, 5) is 19.4. The number of anilines is 1. The number of para-hydroxylation sites is 1. The lowest BCUT2D eigenvalue weighted by Crippen LogP contribution is -2.37. The number of benzene rings is 1. The van der Waals surface area contributed by atoms with Gasteiger partial charge in [0.2, 0.25) is 0 Å². The highest BCUT2D eigenvalue weighted by Crippen LogP contribution is 2.34. The van der Waals surface area contributed by atoms with Crippen LogP contribution in [0, 0.1) is 6.92 Å². The van der Waals surface area contributed by atoms with Crippen LogP contribution in [0.4, 0.5) is 5.69 Å². The number of nitrogens with zero attached hydrogens (tertiary/aromatic N) is 4. The SMILES string of the molecule is Cc1nnc(SCc2c(C(=O)N(c3cccnc3)C(C)C)oc3ccccc23)s1. The number of thioether (sulfide) groups is 1. The minimum absolute atomic E-state index is 0.0498. The van der Waals surface area contributed by atoms with Crippen molar-refractivity contribution in [1.29, 1.82) is 0 Å². The van der Waals surface area contributed by atoms with E-state index in [-0.39, 0.29) is 11.9 Å². The maximum atomic E-state index is 13.6. The molecule has 0 aliphatic rings. The summed E-state index contributed by atoms with van der Waals surface area (Å²) in [5, 5.41) is 10.1. The molecule has 0 bridgehead atoms. The maximum absolute atomic E-state index is 13.6. The van der Waals surface area contributed by atoms with E-state index in [0.717, 1.165) is 26.0 Å². The fourth-order valence-corrected chi connectivity index (χ4v) is 4.98. The van der Waals surface area contributed by atoms with Crippen LogP contribution in [0.5, 0.6) is 0 Å². The standard InChI is InChI=1S/C21H20N4O2S2/c1-13(2)25(15-7-6-10-22-11-15)20(26)19-17(12-28-21-24-23-14(3)29-21)16-8-4-5-9-18(16)27-19/h4-11,13H,12H2,1-3H3. The Labute approximate surface area is 177 Å². The molecule has 0 atom stereocenters. The maximum Gasteiger partial charge on any atom is 0.294 e. The normalized spacial score (nSPS) is 11.3. The minimum Gasteiger partial charge on any atom is -0.451 e. The van der Waals surface area contributed by atoms with E-state index in [1.165, 1.54) is 0 Å². The molecule has 0 saturated heterocycles. The van der Waals surface area contributed by atoms with Gasteiger partial charge in [-0.1, -0.05) is 41.3 Å². The quantitative estimate of drug-likeness (QED) is 0.389. The Kier molecular flexibility index (Phi) is 5.64. The van der Waals surface area contributed by atoms with Crippen molar-refractivity contribution in [2.45, 2.75) is 36.9 Å². The lowest BCUT2D eigenvalue weighted by Gasteiger charge is -2.26. The molecule has 0 saturated carbocycles. The van der Waals surface area contributed by atoms with E-state index in [0.29, 0.717) is 17.1 Å². The van der Waals surface area contributed by atoms with Crippen LogP contribution in [-0.2, 0) is 5.75 Å². The molecule has 4 rings (SSSR count). The molecule has 29 heavy (non-hydrogen) atoms. The van der Waals surface area contributed by atoms with Crippen molar-refractivity contribution >= 4 is 45.7 Å². The van der Waals surface area contributed by atoms with E-state index in [1.54, 1.807) is 40.4 Å². The summed E-state index contributed by atoms with van der Waals surface area (Å²) >= 11 is 3.11. The van der Waals surface area contributed by atoms with Gasteiger partial charge in [0.15, 0.2) is 10.1 Å². The molecule has 0 N–H and O–H groups in total. The molecule has 0 radical (unpaired) electrons. The summed E-state index contributed by atoms with van der Waals surface area (Å²) in [5.41, 5.74) is 2.32. The van der Waals surface area contributed by atoms with Crippen molar-refractivity contribution in [2.24, 2.45) is 0 Å². The molecule has 0 aliphatic carbocycles. The molecule has 1 amide bonds. The second-order valence-electron chi connectivity index (χ2n) is 6.76. The number of carbonyl (C=O) groups is 1. The highest BCUT2D eigenvalue weighted by Gasteiger charge is 2.28. The number of hydrogen-bond donors (Lipinski definition) is 0. The first-order chi connectivity index (χ1) is 14.0. The molecule has 1 aromatic carbocycles. The summed E-state index contributed by atoms with van der Waals surface area (Å²) < 4.78 is 6.92. The van der Waals surface area contributed by atoms with E-state index >= 15 is 0 Å². The predicted octanol–water partition coefficient (Wildman–Crippen LogP) is 5.34. The van der Waals surface area contributed by atoms with Gasteiger partial charge in [0.25, 0.3) is 5.91 Å². The zero-order valence-corrected chi connectivity index (χ0v) is 18.0. The number of furan rings is 1. The summed E-state index contributed by atoms with van der Waals surface area (Å²) in [6, 6.07) is 11.4. The number of hydrogen-bond acceptors (Lipinski definition) is 7. The summed E-state index contributed by atoms with van der Waals surface area (Å²) in [6.07, 6.45) is 3.39. The molecule has 4 aromatic rings. The van der Waals surface area contributed by atoms with E-state index in [1.807, 2.05) is 57.2 Å². The van der Waals surface area contributed by atoms with Crippen molar-refractivity contribution in [3.8, 4) is 0 Å². The molecule has 3 aromatic heterocycles. The van der Waals surface area contributed by atoms with Gasteiger partial charge in [0, 0.05) is 28.9 Å². The van der Waals surface area contributed by atoms with Gasteiger partial charge in [0.1, 0.15) is 10.6 Å². The number of amides is 1. The molecule has 148 valence electrons. The smallest absolute Gasteiger partial charge is 0.294 e. The summed E-state index contributed by atoms with van der Waals surface area (Å²) in [7, 11) is 0. The first kappa shape index (κ1) is 19.6. The summed E-state index contributed by atoms with van der Waals surface area (Å²) in [5.74, 6) is 0.761. The van der Waals surface area contributed by atoms with Gasteiger partial charge in [0.05, 0.1) is 11.9 Å². The molecule has 6 nitrogen and oxygen atoms in total. The molecule has 8 heteroatoms. The lowest BCUT2D eigenvalue weighted by atomic mass is 10.1. The zero-order chi connectivity index (χ0) is 20.4. The Hall–Kier alpha value is -2.71. The third-order valence-electron chi connectivity index (χ3n) is 4.40. The van der Waals surface area contributed by atoms with Crippen molar-refractivity contribution in [3.05, 3.63) is 65.1 Å². The largest absolute Gasteiger partial charge is 0.451 e. The van der Waals surface area contributed by atoms with Crippen LogP contribution in [0.2, 0.25) is 0 Å². The van der Waals surface area contributed by atoms with E-state index in [9.17, 15) is 4.79 Å². The molecule has 0 fully saturated rings. The predicted molar refractivity (Wildman–Crippen MR) is 117 cm³/mol. The van der Waals surface area contributed by atoms with Gasteiger partial charge in [-0.25, -0.2) is 0 Å². The second-order valence-corrected chi connectivity index (χ2v) is 9.17. The number of pyridine rings is 1. The van der Waals surface area contributed by atoms with Crippen LogP contribution in [0.1, 0.15) is 35.0 Å². The number of aryl methyl sites for hydroxylation is 1. The lowest BCUT2D eigenvalue weighted by molar-refractivity contribution is 0.0954. The van der Waals surface area contributed by atoms with Crippen molar-refractivity contribution in [3.63, 3.8) is 0 Å². The second kappa shape index (κ2) is 8.34. The van der Waals surface area contributed by atoms with Gasteiger partial charge in [-0.2, -0.15) is 0 Å². The van der Waals surface area contributed by atoms with Gasteiger partial charge in [-0.05, 0) is 39.0 Å². The van der Waals surface area contributed by atoms with Crippen molar-refractivity contribution in [2.75, 3.05) is 4.90 Å². The highest BCUT2D eigenvalue weighted by molar-refractivity contribution is 8.00. The van der Waals surface area contributed by atoms with Crippen LogP contribution in [0.25, 0.3) is 11.0 Å². The molecule has 0 unspecified atom stereocenters. The number of rotatable bonds is 6. The summed E-state index contributed by atoms with van der Waals surface area (Å²) in [6.45, 7) is 5.89. The average Bonchev–Trinajstić information content (AvgIpc) is 3.30. The Bertz CT molecular complexity index is 1140. The minimum atomic E-state index is -0.173. The molecular weight excluding hydrogens is 404 g/mol. The Morgan fingerprint density at radius 3 is 2.72 bits per heavy atom. The molecular formula is C21H20N4O2S2. The Balaban J connectivity index is 1.74. The van der Waals surface area contributed by atoms with E-state index in [4.69, 9.17) is 4.42 Å². The van der Waals surface area contributed by atoms with Crippen LogP contribution in [-0.4, -0.2) is 27.1 Å². The Morgan fingerprint density at radius 2 is 2.03 bits per heavy atom. The third-order valence-corrected chi connectivity index (χ3v) is 6.40. The van der Waals surface area contributed by atoms with Gasteiger partial charge >= 0.3 is 0 Å². The monoisotopic (exact) mass is 424 g/mol. The molecule has 0 spiro atoms. The number of aromatic nitrogens is 3. The van der Waals surface area contributed by atoms with Gasteiger partial charge in [-0.3, -0.25) is 9.78 Å². The van der Waals surface area contributed by atoms with E-state index < -0.39 is 0 Å². The third kappa shape index (κ3) is 4.04. The fourth-order valence-electron chi connectivity index (χ4n) is 3.14. The van der Waals surface area contributed by atoms with Crippen LogP contribution >= 0.6 is 23.1 Å². The van der Waals surface area contributed by atoms with Crippen LogP contribution < -0.4 is 4.90 Å². The number of fused-ring (bicyclic) bond motifs is 1. The van der Waals surface area contributed by atoms with Crippen molar-refractivity contribution in [1.82, 2.24) is 15.2 Å².